The Morgan fingerprint density at radius 3 is 2.75 bits per heavy atom. The molecule has 1 heterocycles. The van der Waals surface area contributed by atoms with Gasteiger partial charge in [-0.3, -0.25) is 0 Å². The molecule has 0 unspecified atom stereocenters. The zero-order valence-corrected chi connectivity index (χ0v) is 11.0. The number of aromatic nitrogens is 2. The Morgan fingerprint density at radius 1 is 1.44 bits per heavy atom. The van der Waals surface area contributed by atoms with E-state index < -0.39 is 0 Å². The van der Waals surface area contributed by atoms with Crippen LogP contribution in [0.5, 0.6) is 0 Å². The number of nitrogen functional groups attached to an aromatic ring is 1. The molecule has 0 bridgehead atoms. The van der Waals surface area contributed by atoms with Crippen LogP contribution in [0.2, 0.25) is 0 Å². The van der Waals surface area contributed by atoms with Crippen molar-refractivity contribution in [3.63, 3.8) is 0 Å². The second-order valence-corrected chi connectivity index (χ2v) is 5.31. The van der Waals surface area contributed by atoms with Gasteiger partial charge in [-0.05, 0) is 18.1 Å². The van der Waals surface area contributed by atoms with Crippen LogP contribution in [0.4, 0.5) is 5.82 Å². The number of nitrogens with one attached hydrogen (secondary N) is 1. The number of anilines is 1. The molecule has 0 fully saturated rings. The van der Waals surface area contributed by atoms with Gasteiger partial charge in [0.1, 0.15) is 11.6 Å². The number of hydrogen-bond donors (Lipinski definition) is 2. The van der Waals surface area contributed by atoms with Crippen molar-refractivity contribution >= 4 is 17.6 Å². The Labute approximate surface area is 101 Å². The van der Waals surface area contributed by atoms with Gasteiger partial charge in [-0.1, -0.05) is 20.8 Å². The van der Waals surface area contributed by atoms with Crippen molar-refractivity contribution < 1.29 is 0 Å². The lowest BCUT2D eigenvalue weighted by Gasteiger charge is -2.08. The van der Waals surface area contributed by atoms with E-state index in [1.807, 2.05) is 17.8 Å². The van der Waals surface area contributed by atoms with Crippen molar-refractivity contribution in [3.05, 3.63) is 17.6 Å². The summed E-state index contributed by atoms with van der Waals surface area (Å²) in [6.07, 6.45) is 0.959. The molecule has 0 saturated carbocycles. The van der Waals surface area contributed by atoms with E-state index in [-0.39, 0.29) is 0 Å². The summed E-state index contributed by atoms with van der Waals surface area (Å²) in [6.45, 7) is 6.49. The van der Waals surface area contributed by atoms with Crippen molar-refractivity contribution in [1.82, 2.24) is 9.97 Å². The van der Waals surface area contributed by atoms with E-state index >= 15 is 0 Å². The topological polar surface area (TPSA) is 63.8 Å². The average molecular weight is 240 g/mol. The lowest BCUT2D eigenvalue weighted by atomic mass is 10.1. The molecule has 0 aromatic carbocycles. The lowest BCUT2D eigenvalue weighted by molar-refractivity contribution is 0.632. The third kappa shape index (κ3) is 4.37. The van der Waals surface area contributed by atoms with Gasteiger partial charge in [0.25, 0.3) is 0 Å². The van der Waals surface area contributed by atoms with E-state index in [9.17, 15) is 0 Å². The van der Waals surface area contributed by atoms with E-state index in [2.05, 4.69) is 36.2 Å². The van der Waals surface area contributed by atoms with Gasteiger partial charge in [0.05, 0.1) is 5.75 Å². The van der Waals surface area contributed by atoms with Crippen LogP contribution in [0.1, 0.15) is 32.3 Å². The molecule has 0 aliphatic heterocycles. The van der Waals surface area contributed by atoms with E-state index in [0.717, 1.165) is 29.4 Å². The van der Waals surface area contributed by atoms with E-state index in [1.165, 1.54) is 0 Å². The van der Waals surface area contributed by atoms with Crippen LogP contribution in [0.15, 0.2) is 6.07 Å². The summed E-state index contributed by atoms with van der Waals surface area (Å²) >= 11 is 1.81. The minimum atomic E-state index is 0.590. The van der Waals surface area contributed by atoms with Crippen molar-refractivity contribution in [3.8, 4) is 0 Å². The normalized spacial score (nSPS) is 10.8. The van der Waals surface area contributed by atoms with Crippen LogP contribution in [0.3, 0.4) is 0 Å². The van der Waals surface area contributed by atoms with Crippen molar-refractivity contribution in [2.75, 3.05) is 11.2 Å². The highest BCUT2D eigenvalue weighted by Gasteiger charge is 2.05. The standard InChI is InChI=1S/C11H20N4S/c1-4-16-7-11-13-9(5-8(2)3)6-10(14-11)15-12/h6,8H,4-5,7,12H2,1-3H3,(H,13,14,15). The first-order valence-corrected chi connectivity index (χ1v) is 6.72. The number of thioether (sulfide) groups is 1. The summed E-state index contributed by atoms with van der Waals surface area (Å²) in [5.74, 6) is 9.47. The van der Waals surface area contributed by atoms with Crippen molar-refractivity contribution in [2.24, 2.45) is 11.8 Å². The predicted octanol–water partition coefficient (Wildman–Crippen LogP) is 2.21. The van der Waals surface area contributed by atoms with Crippen LogP contribution in [-0.2, 0) is 12.2 Å². The molecular formula is C11H20N4S. The highest BCUT2D eigenvalue weighted by molar-refractivity contribution is 7.98. The molecule has 5 heteroatoms. The first-order chi connectivity index (χ1) is 7.65. The largest absolute Gasteiger partial charge is 0.308 e. The van der Waals surface area contributed by atoms with Gasteiger partial charge in [0.15, 0.2) is 0 Å². The zero-order chi connectivity index (χ0) is 12.0. The minimum Gasteiger partial charge on any atom is -0.308 e. The molecule has 0 radical (unpaired) electrons. The quantitative estimate of drug-likeness (QED) is 0.589. The second kappa shape index (κ2) is 6.70. The van der Waals surface area contributed by atoms with Crippen LogP contribution in [0.25, 0.3) is 0 Å². The maximum atomic E-state index is 5.40. The molecule has 0 amide bonds. The molecule has 0 atom stereocenters. The number of hydrazine groups is 1. The first-order valence-electron chi connectivity index (χ1n) is 5.56. The maximum Gasteiger partial charge on any atom is 0.143 e. The Balaban J connectivity index is 2.82. The highest BCUT2D eigenvalue weighted by atomic mass is 32.2. The fourth-order valence-electron chi connectivity index (χ4n) is 1.41. The first kappa shape index (κ1) is 13.3. The summed E-state index contributed by atoms with van der Waals surface area (Å²) < 4.78 is 0. The molecule has 1 aromatic rings. The van der Waals surface area contributed by atoms with E-state index in [4.69, 9.17) is 5.84 Å². The minimum absolute atomic E-state index is 0.590. The summed E-state index contributed by atoms with van der Waals surface area (Å²) in [6, 6.07) is 1.92. The number of nitrogens with two attached hydrogens (primary N) is 1. The van der Waals surface area contributed by atoms with Gasteiger partial charge in [0.2, 0.25) is 0 Å². The maximum absolute atomic E-state index is 5.40. The number of rotatable bonds is 6. The second-order valence-electron chi connectivity index (χ2n) is 4.04. The average Bonchev–Trinajstić information content (AvgIpc) is 2.25. The molecule has 90 valence electrons. The van der Waals surface area contributed by atoms with Crippen LogP contribution in [0, 0.1) is 5.92 Å². The summed E-state index contributed by atoms with van der Waals surface area (Å²) in [7, 11) is 0. The van der Waals surface area contributed by atoms with Crippen LogP contribution < -0.4 is 11.3 Å². The number of hydrogen-bond acceptors (Lipinski definition) is 5. The third-order valence-electron chi connectivity index (χ3n) is 2.03. The predicted molar refractivity (Wildman–Crippen MR) is 70.2 cm³/mol. The van der Waals surface area contributed by atoms with E-state index in [0.29, 0.717) is 11.7 Å². The summed E-state index contributed by atoms with van der Waals surface area (Å²) in [5.41, 5.74) is 3.66. The van der Waals surface area contributed by atoms with Gasteiger partial charge in [-0.2, -0.15) is 11.8 Å². The fraction of sp³-hybridized carbons (Fsp3) is 0.636. The van der Waals surface area contributed by atoms with Gasteiger partial charge in [0, 0.05) is 11.8 Å². The summed E-state index contributed by atoms with van der Waals surface area (Å²) in [5, 5.41) is 0. The molecule has 0 spiro atoms. The van der Waals surface area contributed by atoms with E-state index in [1.54, 1.807) is 0 Å². The van der Waals surface area contributed by atoms with Crippen molar-refractivity contribution in [1.29, 1.82) is 0 Å². The molecule has 0 saturated heterocycles. The molecule has 1 aromatic heterocycles. The Kier molecular flexibility index (Phi) is 5.55. The molecule has 16 heavy (non-hydrogen) atoms. The smallest absolute Gasteiger partial charge is 0.143 e. The molecule has 1 rings (SSSR count). The van der Waals surface area contributed by atoms with Gasteiger partial charge >= 0.3 is 0 Å². The van der Waals surface area contributed by atoms with Gasteiger partial charge < -0.3 is 5.43 Å². The molecular weight excluding hydrogens is 220 g/mol. The molecule has 3 N–H and O–H groups in total. The molecule has 0 aliphatic carbocycles. The lowest BCUT2D eigenvalue weighted by Crippen LogP contribution is -2.12. The molecule has 4 nitrogen and oxygen atoms in total. The Morgan fingerprint density at radius 2 is 2.19 bits per heavy atom. The zero-order valence-electron chi connectivity index (χ0n) is 10.2. The van der Waals surface area contributed by atoms with Gasteiger partial charge in [-0.15, -0.1) is 0 Å². The Bertz CT molecular complexity index is 328. The Hall–Kier alpha value is -0.810. The van der Waals surface area contributed by atoms with Gasteiger partial charge in [-0.25, -0.2) is 15.8 Å². The summed E-state index contributed by atoms with van der Waals surface area (Å²) in [4.78, 5) is 8.86. The molecule has 0 aliphatic rings. The monoisotopic (exact) mass is 240 g/mol. The van der Waals surface area contributed by atoms with Crippen LogP contribution >= 0.6 is 11.8 Å². The van der Waals surface area contributed by atoms with Crippen LogP contribution in [-0.4, -0.2) is 15.7 Å². The third-order valence-corrected chi connectivity index (χ3v) is 2.90. The SMILES string of the molecule is CCSCc1nc(CC(C)C)cc(NN)n1. The van der Waals surface area contributed by atoms with Crippen molar-refractivity contribution in [2.45, 2.75) is 32.9 Å². The highest BCUT2D eigenvalue weighted by Crippen LogP contribution is 2.14. The fourth-order valence-corrected chi connectivity index (χ4v) is 1.92. The number of nitrogens with zero attached hydrogens (tertiary/aromatic N) is 2.